The van der Waals surface area contributed by atoms with Crippen LogP contribution < -0.4 is 0 Å². The van der Waals surface area contributed by atoms with Gasteiger partial charge >= 0.3 is 0 Å². The fourth-order valence-corrected chi connectivity index (χ4v) is 3.97. The van der Waals surface area contributed by atoms with E-state index in [2.05, 4.69) is 9.80 Å². The highest BCUT2D eigenvalue weighted by atomic mass is 16.5. The molecule has 0 aromatic heterocycles. The Morgan fingerprint density at radius 1 is 0.737 bits per heavy atom. The van der Waals surface area contributed by atoms with Crippen LogP contribution in [0.4, 0.5) is 0 Å². The molecule has 3 fully saturated rings. The highest BCUT2D eigenvalue weighted by molar-refractivity contribution is 4.78. The van der Waals surface area contributed by atoms with E-state index >= 15 is 0 Å². The first-order valence-electron chi connectivity index (χ1n) is 8.46. The van der Waals surface area contributed by atoms with Crippen molar-refractivity contribution in [1.82, 2.24) is 9.80 Å². The zero-order chi connectivity index (χ0) is 12.9. The third-order valence-corrected chi connectivity index (χ3v) is 5.19. The van der Waals surface area contributed by atoms with Crippen LogP contribution in [0.5, 0.6) is 0 Å². The van der Waals surface area contributed by atoms with Gasteiger partial charge in [-0.05, 0) is 31.6 Å². The summed E-state index contributed by atoms with van der Waals surface area (Å²) in [7, 11) is 0. The number of rotatable bonds is 4. The molecule has 3 nitrogen and oxygen atoms in total. The molecule has 0 spiro atoms. The van der Waals surface area contributed by atoms with E-state index in [9.17, 15) is 0 Å². The fourth-order valence-electron chi connectivity index (χ4n) is 3.97. The van der Waals surface area contributed by atoms with Gasteiger partial charge in [-0.2, -0.15) is 0 Å². The van der Waals surface area contributed by atoms with E-state index in [0.29, 0.717) is 6.10 Å². The second kappa shape index (κ2) is 7.05. The molecule has 3 heteroatoms. The molecule has 3 aliphatic rings. The van der Waals surface area contributed by atoms with Crippen molar-refractivity contribution < 1.29 is 4.74 Å². The van der Waals surface area contributed by atoms with Gasteiger partial charge in [0.2, 0.25) is 0 Å². The van der Waals surface area contributed by atoms with Gasteiger partial charge in [0, 0.05) is 45.9 Å². The Morgan fingerprint density at radius 3 is 2.05 bits per heavy atom. The summed E-state index contributed by atoms with van der Waals surface area (Å²) >= 11 is 0. The predicted molar refractivity (Wildman–Crippen MR) is 78.4 cm³/mol. The van der Waals surface area contributed by atoms with Crippen molar-refractivity contribution in [2.45, 2.75) is 51.0 Å². The molecule has 0 unspecified atom stereocenters. The van der Waals surface area contributed by atoms with Crippen LogP contribution in [-0.4, -0.2) is 61.8 Å². The van der Waals surface area contributed by atoms with E-state index in [1.165, 1.54) is 84.2 Å². The summed E-state index contributed by atoms with van der Waals surface area (Å²) in [5.41, 5.74) is 0. The number of ether oxygens (including phenoxy) is 1. The van der Waals surface area contributed by atoms with Crippen molar-refractivity contribution >= 4 is 0 Å². The Balaban J connectivity index is 1.34. The Bertz CT molecular complexity index is 251. The van der Waals surface area contributed by atoms with E-state index in [4.69, 9.17) is 4.74 Å². The van der Waals surface area contributed by atoms with E-state index in [1.54, 1.807) is 0 Å². The van der Waals surface area contributed by atoms with Crippen molar-refractivity contribution in [2.24, 2.45) is 5.92 Å². The summed E-state index contributed by atoms with van der Waals surface area (Å²) in [6, 6.07) is 0. The minimum atomic E-state index is 0.532. The third-order valence-electron chi connectivity index (χ3n) is 5.19. The summed E-state index contributed by atoms with van der Waals surface area (Å²) in [6.07, 6.45) is 10.5. The smallest absolute Gasteiger partial charge is 0.0702 e. The summed E-state index contributed by atoms with van der Waals surface area (Å²) < 4.78 is 5.75. The fraction of sp³-hybridized carbons (Fsp3) is 1.00. The second-order valence-corrected chi connectivity index (χ2v) is 6.74. The molecule has 0 amide bonds. The zero-order valence-electron chi connectivity index (χ0n) is 12.4. The summed E-state index contributed by atoms with van der Waals surface area (Å²) in [4.78, 5) is 5.33. The number of hydrogen-bond acceptors (Lipinski definition) is 3. The molecule has 2 saturated heterocycles. The Labute approximate surface area is 118 Å². The van der Waals surface area contributed by atoms with Gasteiger partial charge in [-0.15, -0.1) is 0 Å². The SMILES string of the molecule is C1CCC(CN2CCN(C[C@@H]3CCCO3)CC2)CC1. The lowest BCUT2D eigenvalue weighted by atomic mass is 9.89. The maximum Gasteiger partial charge on any atom is 0.0702 e. The predicted octanol–water partition coefficient (Wildman–Crippen LogP) is 2.36. The molecule has 0 bridgehead atoms. The van der Waals surface area contributed by atoms with Crippen molar-refractivity contribution in [3.8, 4) is 0 Å². The molecule has 19 heavy (non-hydrogen) atoms. The second-order valence-electron chi connectivity index (χ2n) is 6.74. The van der Waals surface area contributed by atoms with Crippen LogP contribution in [0.1, 0.15) is 44.9 Å². The minimum absolute atomic E-state index is 0.532. The Kier molecular flexibility index (Phi) is 5.14. The van der Waals surface area contributed by atoms with Crippen LogP contribution in [-0.2, 0) is 4.74 Å². The number of piperazine rings is 1. The minimum Gasteiger partial charge on any atom is -0.377 e. The van der Waals surface area contributed by atoms with Gasteiger partial charge in [-0.1, -0.05) is 19.3 Å². The third kappa shape index (κ3) is 4.17. The summed E-state index contributed by atoms with van der Waals surface area (Å²) in [5, 5.41) is 0. The highest BCUT2D eigenvalue weighted by Gasteiger charge is 2.24. The molecule has 110 valence electrons. The van der Waals surface area contributed by atoms with Gasteiger partial charge in [-0.25, -0.2) is 0 Å². The van der Waals surface area contributed by atoms with Gasteiger partial charge in [-0.3, -0.25) is 4.90 Å². The van der Waals surface area contributed by atoms with Crippen LogP contribution in [0.2, 0.25) is 0 Å². The summed E-state index contributed by atoms with van der Waals surface area (Å²) in [5.74, 6) is 0.999. The largest absolute Gasteiger partial charge is 0.377 e. The van der Waals surface area contributed by atoms with Crippen LogP contribution in [0.15, 0.2) is 0 Å². The quantitative estimate of drug-likeness (QED) is 0.777. The molecule has 3 rings (SSSR count). The van der Waals surface area contributed by atoms with Gasteiger partial charge < -0.3 is 9.64 Å². The van der Waals surface area contributed by atoms with Gasteiger partial charge in [0.05, 0.1) is 6.10 Å². The van der Waals surface area contributed by atoms with E-state index < -0.39 is 0 Å². The Morgan fingerprint density at radius 2 is 1.42 bits per heavy atom. The molecule has 0 radical (unpaired) electrons. The number of hydrogen-bond donors (Lipinski definition) is 0. The van der Waals surface area contributed by atoms with Gasteiger partial charge in [0.1, 0.15) is 0 Å². The molecular weight excluding hydrogens is 236 g/mol. The molecule has 0 N–H and O–H groups in total. The normalized spacial score (nSPS) is 31.9. The average Bonchev–Trinajstić information content (AvgIpc) is 2.95. The Hall–Kier alpha value is -0.120. The lowest BCUT2D eigenvalue weighted by molar-refractivity contribution is 0.0457. The van der Waals surface area contributed by atoms with Crippen LogP contribution >= 0.6 is 0 Å². The maximum absolute atomic E-state index is 5.75. The average molecular weight is 266 g/mol. The van der Waals surface area contributed by atoms with E-state index in [1.807, 2.05) is 0 Å². The topological polar surface area (TPSA) is 15.7 Å². The van der Waals surface area contributed by atoms with E-state index in [-0.39, 0.29) is 0 Å². The molecule has 2 heterocycles. The van der Waals surface area contributed by atoms with Crippen LogP contribution in [0.3, 0.4) is 0 Å². The summed E-state index contributed by atoms with van der Waals surface area (Å²) in [6.45, 7) is 8.61. The number of nitrogens with zero attached hydrogens (tertiary/aromatic N) is 2. The van der Waals surface area contributed by atoms with Crippen LogP contribution in [0.25, 0.3) is 0 Å². The molecular formula is C16H30N2O. The first-order valence-corrected chi connectivity index (χ1v) is 8.46. The van der Waals surface area contributed by atoms with Crippen molar-refractivity contribution in [2.75, 3.05) is 45.9 Å². The molecule has 1 aliphatic carbocycles. The lowest BCUT2D eigenvalue weighted by Crippen LogP contribution is -2.49. The first-order chi connectivity index (χ1) is 9.40. The molecule has 2 aliphatic heterocycles. The maximum atomic E-state index is 5.75. The molecule has 1 atom stereocenters. The monoisotopic (exact) mass is 266 g/mol. The standard InChI is InChI=1S/C16H30N2O/c1-2-5-15(6-3-1)13-17-8-10-18(11-9-17)14-16-7-4-12-19-16/h15-16H,1-14H2/t16-/m0/s1. The zero-order valence-corrected chi connectivity index (χ0v) is 12.4. The van der Waals surface area contributed by atoms with Gasteiger partial charge in [0.25, 0.3) is 0 Å². The first kappa shape index (κ1) is 13.8. The van der Waals surface area contributed by atoms with Crippen molar-refractivity contribution in [3.63, 3.8) is 0 Å². The van der Waals surface area contributed by atoms with Crippen LogP contribution in [0, 0.1) is 5.92 Å². The highest BCUT2D eigenvalue weighted by Crippen LogP contribution is 2.24. The molecule has 0 aromatic carbocycles. The molecule has 1 saturated carbocycles. The van der Waals surface area contributed by atoms with Crippen molar-refractivity contribution in [3.05, 3.63) is 0 Å². The molecule has 0 aromatic rings. The van der Waals surface area contributed by atoms with Gasteiger partial charge in [0.15, 0.2) is 0 Å². The lowest BCUT2D eigenvalue weighted by Gasteiger charge is -2.38. The van der Waals surface area contributed by atoms with E-state index in [0.717, 1.165) is 12.5 Å². The van der Waals surface area contributed by atoms with Crippen molar-refractivity contribution in [1.29, 1.82) is 0 Å².